The van der Waals surface area contributed by atoms with E-state index in [1.165, 1.54) is 25.3 Å². The monoisotopic (exact) mass is 441 g/mol. The van der Waals surface area contributed by atoms with Gasteiger partial charge in [-0.25, -0.2) is 9.59 Å². The molecule has 0 spiro atoms. The highest BCUT2D eigenvalue weighted by Crippen LogP contribution is 2.31. The predicted octanol–water partition coefficient (Wildman–Crippen LogP) is 1.98. The van der Waals surface area contributed by atoms with Gasteiger partial charge in [0.25, 0.3) is 0 Å². The van der Waals surface area contributed by atoms with Gasteiger partial charge in [0.15, 0.2) is 11.5 Å². The van der Waals surface area contributed by atoms with Gasteiger partial charge in [0.1, 0.15) is 5.54 Å². The first-order valence-electron chi connectivity index (χ1n) is 9.24. The molecule has 172 valence electrons. The SMILES string of the molecule is COC(=O)Oc1ccc(CC(N)(CCOC(=O)C(C)C)C(=O)OC)cc1OC(=O)OC. The zero-order valence-corrected chi connectivity index (χ0v) is 18.1. The Morgan fingerprint density at radius 3 is 2.03 bits per heavy atom. The molecule has 2 N–H and O–H groups in total. The Hall–Kier alpha value is -3.34. The molecule has 1 atom stereocenters. The summed E-state index contributed by atoms with van der Waals surface area (Å²) in [5.41, 5.74) is 5.16. The first-order chi connectivity index (χ1) is 14.6. The Morgan fingerprint density at radius 1 is 0.935 bits per heavy atom. The molecule has 0 radical (unpaired) electrons. The van der Waals surface area contributed by atoms with Crippen molar-refractivity contribution in [1.82, 2.24) is 0 Å². The first-order valence-corrected chi connectivity index (χ1v) is 9.24. The van der Waals surface area contributed by atoms with Gasteiger partial charge in [-0.3, -0.25) is 9.59 Å². The highest BCUT2D eigenvalue weighted by atomic mass is 16.7. The van der Waals surface area contributed by atoms with Crippen LogP contribution in [0.5, 0.6) is 11.5 Å². The lowest BCUT2D eigenvalue weighted by atomic mass is 9.88. The van der Waals surface area contributed by atoms with E-state index in [-0.39, 0.29) is 36.9 Å². The molecule has 0 aliphatic carbocycles. The van der Waals surface area contributed by atoms with Crippen LogP contribution in [0.25, 0.3) is 0 Å². The van der Waals surface area contributed by atoms with Crippen LogP contribution in [0.3, 0.4) is 0 Å². The highest BCUT2D eigenvalue weighted by Gasteiger charge is 2.36. The van der Waals surface area contributed by atoms with Crippen molar-refractivity contribution in [3.63, 3.8) is 0 Å². The zero-order chi connectivity index (χ0) is 23.6. The number of hydrogen-bond donors (Lipinski definition) is 1. The van der Waals surface area contributed by atoms with Crippen molar-refractivity contribution in [3.8, 4) is 11.5 Å². The quantitative estimate of drug-likeness (QED) is 0.340. The standard InChI is InChI=1S/C20H27NO10/c1-12(2)16(22)29-9-8-20(21,17(23)26-3)11-13-6-7-14(30-18(24)27-4)15(10-13)31-19(25)28-5/h6-7,10,12H,8-9,11,21H2,1-5H3. The molecule has 0 saturated carbocycles. The fourth-order valence-electron chi connectivity index (χ4n) is 2.42. The summed E-state index contributed by atoms with van der Waals surface area (Å²) in [5.74, 6) is -1.75. The summed E-state index contributed by atoms with van der Waals surface area (Å²) in [5, 5.41) is 0. The Balaban J connectivity index is 3.13. The minimum atomic E-state index is -1.54. The van der Waals surface area contributed by atoms with Crippen LogP contribution in [-0.4, -0.2) is 57.7 Å². The maximum atomic E-state index is 12.3. The van der Waals surface area contributed by atoms with Gasteiger partial charge >= 0.3 is 24.2 Å². The number of esters is 2. The lowest BCUT2D eigenvalue weighted by molar-refractivity contribution is -0.152. The Labute approximate surface area is 179 Å². The summed E-state index contributed by atoms with van der Waals surface area (Å²) >= 11 is 0. The molecule has 0 aromatic heterocycles. The van der Waals surface area contributed by atoms with E-state index in [4.69, 9.17) is 24.7 Å². The molecule has 1 unspecified atom stereocenters. The Kier molecular flexibility index (Phi) is 9.74. The largest absolute Gasteiger partial charge is 0.513 e. The number of benzene rings is 1. The van der Waals surface area contributed by atoms with Crippen molar-refractivity contribution in [2.24, 2.45) is 11.7 Å². The molecule has 0 amide bonds. The van der Waals surface area contributed by atoms with E-state index in [1.807, 2.05) is 0 Å². The van der Waals surface area contributed by atoms with Crippen LogP contribution < -0.4 is 15.2 Å². The van der Waals surface area contributed by atoms with Crippen LogP contribution in [0.4, 0.5) is 9.59 Å². The number of methoxy groups -OCH3 is 3. The second-order valence-electron chi connectivity index (χ2n) is 6.79. The van der Waals surface area contributed by atoms with Gasteiger partial charge in [-0.15, -0.1) is 0 Å². The normalized spacial score (nSPS) is 12.4. The summed E-state index contributed by atoms with van der Waals surface area (Å²) in [6, 6.07) is 4.19. The van der Waals surface area contributed by atoms with Crippen LogP contribution in [0.2, 0.25) is 0 Å². The third kappa shape index (κ3) is 7.78. The van der Waals surface area contributed by atoms with E-state index in [9.17, 15) is 19.2 Å². The maximum absolute atomic E-state index is 12.3. The van der Waals surface area contributed by atoms with E-state index < -0.39 is 29.8 Å². The van der Waals surface area contributed by atoms with Gasteiger partial charge in [-0.1, -0.05) is 19.9 Å². The van der Waals surface area contributed by atoms with Crippen molar-refractivity contribution >= 4 is 24.2 Å². The van der Waals surface area contributed by atoms with Gasteiger partial charge < -0.3 is 34.2 Å². The van der Waals surface area contributed by atoms with Crippen molar-refractivity contribution in [2.45, 2.75) is 32.2 Å². The molecule has 1 rings (SSSR count). The Morgan fingerprint density at radius 2 is 1.52 bits per heavy atom. The van der Waals surface area contributed by atoms with Gasteiger partial charge in [0.2, 0.25) is 0 Å². The summed E-state index contributed by atoms with van der Waals surface area (Å²) in [6.45, 7) is 3.26. The Bertz CT molecular complexity index is 807. The fraction of sp³-hybridized carbons (Fsp3) is 0.500. The van der Waals surface area contributed by atoms with E-state index in [1.54, 1.807) is 13.8 Å². The third-order valence-corrected chi connectivity index (χ3v) is 4.10. The number of rotatable bonds is 9. The lowest BCUT2D eigenvalue weighted by Gasteiger charge is -2.27. The minimum Gasteiger partial charge on any atom is -0.468 e. The first kappa shape index (κ1) is 25.7. The molecule has 0 aliphatic heterocycles. The molecular formula is C20H27NO10. The number of ether oxygens (including phenoxy) is 6. The second-order valence-corrected chi connectivity index (χ2v) is 6.79. The smallest absolute Gasteiger partial charge is 0.468 e. The van der Waals surface area contributed by atoms with Gasteiger partial charge in [0, 0.05) is 12.8 Å². The number of carbonyl (C=O) groups excluding carboxylic acids is 4. The summed E-state index contributed by atoms with van der Waals surface area (Å²) in [6.07, 6.45) is -2.17. The zero-order valence-electron chi connectivity index (χ0n) is 18.1. The predicted molar refractivity (Wildman–Crippen MR) is 106 cm³/mol. The molecule has 0 bridgehead atoms. The number of hydrogen-bond acceptors (Lipinski definition) is 11. The molecule has 11 heteroatoms. The van der Waals surface area contributed by atoms with E-state index in [0.29, 0.717) is 5.56 Å². The molecule has 0 aliphatic rings. The van der Waals surface area contributed by atoms with Crippen LogP contribution in [0.1, 0.15) is 25.8 Å². The molecule has 0 saturated heterocycles. The lowest BCUT2D eigenvalue weighted by Crippen LogP contribution is -2.51. The van der Waals surface area contributed by atoms with E-state index >= 15 is 0 Å². The van der Waals surface area contributed by atoms with Gasteiger partial charge in [0.05, 0.1) is 33.9 Å². The molecule has 0 heterocycles. The summed E-state index contributed by atoms with van der Waals surface area (Å²) < 4.78 is 28.7. The average molecular weight is 441 g/mol. The van der Waals surface area contributed by atoms with Crippen molar-refractivity contribution in [3.05, 3.63) is 23.8 Å². The van der Waals surface area contributed by atoms with Crippen molar-refractivity contribution in [2.75, 3.05) is 27.9 Å². The van der Waals surface area contributed by atoms with Gasteiger partial charge in [-0.2, -0.15) is 0 Å². The maximum Gasteiger partial charge on any atom is 0.513 e. The number of nitrogens with two attached hydrogens (primary N) is 1. The molecule has 0 fully saturated rings. The highest BCUT2D eigenvalue weighted by molar-refractivity contribution is 5.81. The van der Waals surface area contributed by atoms with Crippen LogP contribution >= 0.6 is 0 Å². The van der Waals surface area contributed by atoms with Gasteiger partial charge in [-0.05, 0) is 17.7 Å². The third-order valence-electron chi connectivity index (χ3n) is 4.10. The summed E-state index contributed by atoms with van der Waals surface area (Å²) in [4.78, 5) is 46.9. The van der Waals surface area contributed by atoms with Crippen LogP contribution in [0.15, 0.2) is 18.2 Å². The van der Waals surface area contributed by atoms with Crippen LogP contribution in [0, 0.1) is 5.92 Å². The van der Waals surface area contributed by atoms with Crippen LogP contribution in [-0.2, 0) is 35.0 Å². The molecule has 11 nitrogen and oxygen atoms in total. The minimum absolute atomic E-state index is 0.0221. The molecular weight excluding hydrogens is 414 g/mol. The second kappa shape index (κ2) is 11.7. The van der Waals surface area contributed by atoms with E-state index in [0.717, 1.165) is 14.2 Å². The van der Waals surface area contributed by atoms with Crippen molar-refractivity contribution in [1.29, 1.82) is 0 Å². The van der Waals surface area contributed by atoms with E-state index in [2.05, 4.69) is 9.47 Å². The summed E-state index contributed by atoms with van der Waals surface area (Å²) in [7, 11) is 3.40. The van der Waals surface area contributed by atoms with Crippen molar-refractivity contribution < 1.29 is 47.6 Å². The molecule has 1 aromatic carbocycles. The topological polar surface area (TPSA) is 150 Å². The molecule has 1 aromatic rings. The average Bonchev–Trinajstić information content (AvgIpc) is 2.74. The molecule has 31 heavy (non-hydrogen) atoms. The number of carbonyl (C=O) groups is 4. The fourth-order valence-corrected chi connectivity index (χ4v) is 2.42.